The first kappa shape index (κ1) is 19.5. The number of hydrogen-bond acceptors (Lipinski definition) is 5. The van der Waals surface area contributed by atoms with E-state index in [1.54, 1.807) is 33.1 Å². The van der Waals surface area contributed by atoms with E-state index in [0.29, 0.717) is 40.6 Å². The lowest BCUT2D eigenvalue weighted by Gasteiger charge is -2.10. The highest BCUT2D eigenvalue weighted by Crippen LogP contribution is 2.28. The lowest BCUT2D eigenvalue weighted by atomic mass is 10.0. The number of carbonyl (C=O) groups excluding carboxylic acids is 1. The van der Waals surface area contributed by atoms with E-state index in [4.69, 9.17) is 9.15 Å². The summed E-state index contributed by atoms with van der Waals surface area (Å²) in [7, 11) is 1.61. The quantitative estimate of drug-likeness (QED) is 0.641. The first-order valence-electron chi connectivity index (χ1n) is 9.05. The van der Waals surface area contributed by atoms with Gasteiger partial charge in [-0.25, -0.2) is 4.79 Å². The van der Waals surface area contributed by atoms with Crippen LogP contribution in [0.3, 0.4) is 0 Å². The number of amides is 1. The van der Waals surface area contributed by atoms with Gasteiger partial charge in [-0.15, -0.1) is 0 Å². The van der Waals surface area contributed by atoms with Crippen LogP contribution in [0.2, 0.25) is 0 Å². The van der Waals surface area contributed by atoms with E-state index in [9.17, 15) is 14.7 Å². The average molecular weight is 381 g/mol. The average Bonchev–Trinajstić information content (AvgIpc) is 2.68. The zero-order valence-corrected chi connectivity index (χ0v) is 16.2. The molecule has 0 aliphatic carbocycles. The fourth-order valence-corrected chi connectivity index (χ4v) is 3.18. The molecule has 2 aromatic carbocycles. The Labute approximate surface area is 162 Å². The third kappa shape index (κ3) is 4.01. The molecule has 0 aliphatic rings. The molecule has 0 atom stereocenters. The highest BCUT2D eigenvalue weighted by Gasteiger charge is 2.16. The highest BCUT2D eigenvalue weighted by atomic mass is 16.5. The molecule has 2 N–H and O–H groups in total. The van der Waals surface area contributed by atoms with Gasteiger partial charge in [0, 0.05) is 17.5 Å². The molecular weight excluding hydrogens is 358 g/mol. The summed E-state index contributed by atoms with van der Waals surface area (Å²) in [4.78, 5) is 24.7. The molecule has 0 unspecified atom stereocenters. The van der Waals surface area contributed by atoms with Crippen molar-refractivity contribution >= 4 is 16.9 Å². The molecule has 0 saturated carbocycles. The smallest absolute Gasteiger partial charge is 0.340 e. The normalized spacial score (nSPS) is 10.8. The Hall–Kier alpha value is -3.28. The minimum Gasteiger partial charge on any atom is -0.508 e. The number of carbonyl (C=O) groups is 1. The molecule has 0 spiro atoms. The summed E-state index contributed by atoms with van der Waals surface area (Å²) in [5, 5.41) is 13.4. The van der Waals surface area contributed by atoms with Gasteiger partial charge in [-0.3, -0.25) is 4.79 Å². The van der Waals surface area contributed by atoms with Gasteiger partial charge >= 0.3 is 5.63 Å². The van der Waals surface area contributed by atoms with Crippen molar-refractivity contribution in [3.8, 4) is 11.5 Å². The maximum atomic E-state index is 12.4. The van der Waals surface area contributed by atoms with E-state index in [1.807, 2.05) is 24.3 Å². The van der Waals surface area contributed by atoms with Crippen LogP contribution in [-0.2, 0) is 17.6 Å². The van der Waals surface area contributed by atoms with Gasteiger partial charge < -0.3 is 19.6 Å². The summed E-state index contributed by atoms with van der Waals surface area (Å²) in [5.74, 6) is 0.598. The number of benzene rings is 2. The van der Waals surface area contributed by atoms with E-state index in [2.05, 4.69) is 5.32 Å². The van der Waals surface area contributed by atoms with Gasteiger partial charge in [-0.2, -0.15) is 0 Å². The van der Waals surface area contributed by atoms with Crippen molar-refractivity contribution in [1.29, 1.82) is 0 Å². The summed E-state index contributed by atoms with van der Waals surface area (Å²) in [6.45, 7) is 3.93. The molecule has 0 fully saturated rings. The minimum absolute atomic E-state index is 0.0534. The molecule has 6 heteroatoms. The van der Waals surface area contributed by atoms with Crippen LogP contribution >= 0.6 is 0 Å². The van der Waals surface area contributed by atoms with Gasteiger partial charge in [0.25, 0.3) is 0 Å². The Morgan fingerprint density at radius 2 is 1.96 bits per heavy atom. The zero-order chi connectivity index (χ0) is 20.3. The summed E-state index contributed by atoms with van der Waals surface area (Å²) in [6, 6.07) is 10.9. The first-order valence-corrected chi connectivity index (χ1v) is 9.05. The first-order chi connectivity index (χ1) is 13.4. The molecule has 1 heterocycles. The fraction of sp³-hybridized carbons (Fsp3) is 0.273. The number of fused-ring (bicyclic) bond motifs is 1. The van der Waals surface area contributed by atoms with Crippen LogP contribution in [-0.4, -0.2) is 24.7 Å². The Balaban J connectivity index is 1.71. The Morgan fingerprint density at radius 3 is 2.71 bits per heavy atom. The lowest BCUT2D eigenvalue weighted by Crippen LogP contribution is -2.29. The van der Waals surface area contributed by atoms with Crippen molar-refractivity contribution in [2.24, 2.45) is 0 Å². The second-order valence-electron chi connectivity index (χ2n) is 6.71. The molecular formula is C22H23NO5. The number of methoxy groups -OCH3 is 1. The third-order valence-corrected chi connectivity index (χ3v) is 4.88. The molecule has 6 nitrogen and oxygen atoms in total. The van der Waals surface area contributed by atoms with Gasteiger partial charge in [0.15, 0.2) is 0 Å². The van der Waals surface area contributed by atoms with Crippen LogP contribution in [0.4, 0.5) is 0 Å². The molecule has 146 valence electrons. The zero-order valence-electron chi connectivity index (χ0n) is 16.2. The van der Waals surface area contributed by atoms with E-state index < -0.39 is 5.63 Å². The highest BCUT2D eigenvalue weighted by molar-refractivity contribution is 5.87. The summed E-state index contributed by atoms with van der Waals surface area (Å²) in [6.07, 6.45) is 0.606. The maximum Gasteiger partial charge on any atom is 0.340 e. The van der Waals surface area contributed by atoms with Crippen molar-refractivity contribution in [1.82, 2.24) is 5.32 Å². The predicted molar refractivity (Wildman–Crippen MR) is 107 cm³/mol. The van der Waals surface area contributed by atoms with Crippen LogP contribution in [0, 0.1) is 13.8 Å². The number of phenolic OH excluding ortho intramolecular Hbond substituents is 1. The van der Waals surface area contributed by atoms with E-state index in [-0.39, 0.29) is 18.1 Å². The molecule has 1 amide bonds. The monoisotopic (exact) mass is 381 g/mol. The van der Waals surface area contributed by atoms with Gasteiger partial charge in [0.2, 0.25) is 5.91 Å². The predicted octanol–water partition coefficient (Wildman–Crippen LogP) is 3.03. The summed E-state index contributed by atoms with van der Waals surface area (Å²) >= 11 is 0. The molecule has 3 rings (SSSR count). The number of aryl methyl sites for hydroxylation is 2. The number of ether oxygens (including phenoxy) is 1. The number of nitrogens with one attached hydrogen (secondary N) is 1. The third-order valence-electron chi connectivity index (χ3n) is 4.88. The van der Waals surface area contributed by atoms with Crippen molar-refractivity contribution in [3.63, 3.8) is 0 Å². The topological polar surface area (TPSA) is 88.8 Å². The van der Waals surface area contributed by atoms with E-state index in [0.717, 1.165) is 11.3 Å². The van der Waals surface area contributed by atoms with Crippen LogP contribution in [0.1, 0.15) is 22.3 Å². The number of hydrogen-bond donors (Lipinski definition) is 2. The van der Waals surface area contributed by atoms with Crippen molar-refractivity contribution in [3.05, 3.63) is 69.1 Å². The number of phenols is 1. The number of aromatic hydroxyl groups is 1. The van der Waals surface area contributed by atoms with E-state index in [1.165, 1.54) is 0 Å². The molecule has 1 aromatic heterocycles. The summed E-state index contributed by atoms with van der Waals surface area (Å²) < 4.78 is 10.6. The molecule has 0 aliphatic heterocycles. The molecule has 0 bridgehead atoms. The molecule has 0 saturated heterocycles. The maximum absolute atomic E-state index is 12.4. The van der Waals surface area contributed by atoms with Crippen LogP contribution in [0.5, 0.6) is 11.5 Å². The van der Waals surface area contributed by atoms with Crippen molar-refractivity contribution < 1.29 is 19.1 Å². The lowest BCUT2D eigenvalue weighted by molar-refractivity contribution is -0.120. The molecule has 0 radical (unpaired) electrons. The van der Waals surface area contributed by atoms with Crippen molar-refractivity contribution in [2.75, 3.05) is 13.7 Å². The second-order valence-corrected chi connectivity index (χ2v) is 6.71. The molecule has 28 heavy (non-hydrogen) atoms. The number of rotatable bonds is 6. The van der Waals surface area contributed by atoms with Crippen LogP contribution in [0.15, 0.2) is 45.6 Å². The molecule has 3 aromatic rings. The van der Waals surface area contributed by atoms with Gasteiger partial charge in [-0.1, -0.05) is 12.1 Å². The minimum atomic E-state index is -0.554. The van der Waals surface area contributed by atoms with Gasteiger partial charge in [-0.05, 0) is 55.7 Å². The Bertz CT molecular complexity index is 1080. The van der Waals surface area contributed by atoms with Crippen LogP contribution < -0.4 is 15.7 Å². The fourth-order valence-electron chi connectivity index (χ4n) is 3.18. The largest absolute Gasteiger partial charge is 0.508 e. The second kappa shape index (κ2) is 8.17. The van der Waals surface area contributed by atoms with E-state index >= 15 is 0 Å². The standard InChI is InChI=1S/C22H23NO5/c1-13-17-7-8-19(24)14(2)21(17)28-22(26)18(13)12-20(25)23-10-9-15-5-4-6-16(11-15)27-3/h4-8,11,24H,9-10,12H2,1-3H3,(H,23,25). The Kier molecular flexibility index (Phi) is 5.68. The van der Waals surface area contributed by atoms with Gasteiger partial charge in [0.1, 0.15) is 17.1 Å². The van der Waals surface area contributed by atoms with Gasteiger partial charge in [0.05, 0.1) is 19.1 Å². The van der Waals surface area contributed by atoms with Crippen LogP contribution in [0.25, 0.3) is 11.0 Å². The summed E-state index contributed by atoms with van der Waals surface area (Å²) in [5.41, 5.74) is 2.38. The SMILES string of the molecule is COc1cccc(CCNC(=O)Cc2c(C)c3ccc(O)c(C)c3oc2=O)c1. The Morgan fingerprint density at radius 1 is 1.18 bits per heavy atom. The van der Waals surface area contributed by atoms with Crippen molar-refractivity contribution in [2.45, 2.75) is 26.7 Å².